The SMILES string of the molecule is CN1CCN(CC(=O)c2cc(F)ccc2F)C1=O. The largest absolute Gasteiger partial charge is 0.326 e. The summed E-state index contributed by atoms with van der Waals surface area (Å²) in [6, 6.07) is 2.42. The molecule has 6 heteroatoms. The third-order valence-corrected chi connectivity index (χ3v) is 2.87. The number of amides is 2. The number of Topliss-reactive ketones (excluding diaryl/α,β-unsaturated/α-hetero) is 1. The number of halogens is 2. The monoisotopic (exact) mass is 254 g/mol. The molecule has 1 heterocycles. The number of hydrogen-bond acceptors (Lipinski definition) is 2. The molecule has 0 aliphatic carbocycles. The number of ketones is 1. The minimum atomic E-state index is -0.776. The van der Waals surface area contributed by atoms with Gasteiger partial charge in [-0.3, -0.25) is 4.79 Å². The molecule has 0 saturated carbocycles. The maximum absolute atomic E-state index is 13.4. The third-order valence-electron chi connectivity index (χ3n) is 2.87. The van der Waals surface area contributed by atoms with E-state index in [4.69, 9.17) is 0 Å². The smallest absolute Gasteiger partial charge is 0.320 e. The Morgan fingerprint density at radius 1 is 1.33 bits per heavy atom. The molecule has 4 nitrogen and oxygen atoms in total. The number of urea groups is 1. The average Bonchev–Trinajstić information content (AvgIpc) is 2.64. The summed E-state index contributed by atoms with van der Waals surface area (Å²) in [5, 5.41) is 0. The third kappa shape index (κ3) is 2.32. The van der Waals surface area contributed by atoms with Gasteiger partial charge in [-0.1, -0.05) is 0 Å². The molecule has 0 aromatic heterocycles. The van der Waals surface area contributed by atoms with E-state index in [9.17, 15) is 18.4 Å². The van der Waals surface area contributed by atoms with E-state index < -0.39 is 17.4 Å². The number of nitrogens with zero attached hydrogens (tertiary/aromatic N) is 2. The number of likely N-dealkylation sites (N-methyl/N-ethyl adjacent to an activating group) is 1. The van der Waals surface area contributed by atoms with Crippen LogP contribution in [0.4, 0.5) is 13.6 Å². The van der Waals surface area contributed by atoms with E-state index in [1.165, 1.54) is 9.80 Å². The molecule has 1 fully saturated rings. The van der Waals surface area contributed by atoms with Gasteiger partial charge in [0.1, 0.15) is 11.6 Å². The number of benzene rings is 1. The number of hydrogen-bond donors (Lipinski definition) is 0. The first kappa shape index (κ1) is 12.5. The van der Waals surface area contributed by atoms with Crippen LogP contribution in [-0.2, 0) is 0 Å². The van der Waals surface area contributed by atoms with Crippen molar-refractivity contribution >= 4 is 11.8 Å². The maximum atomic E-state index is 13.4. The van der Waals surface area contributed by atoms with E-state index in [-0.39, 0.29) is 18.1 Å². The summed E-state index contributed by atoms with van der Waals surface area (Å²) in [6.07, 6.45) is 0. The normalized spacial score (nSPS) is 15.4. The van der Waals surface area contributed by atoms with Gasteiger partial charge in [0.05, 0.1) is 12.1 Å². The number of carbonyl (C=O) groups is 2. The van der Waals surface area contributed by atoms with E-state index in [0.29, 0.717) is 13.1 Å². The van der Waals surface area contributed by atoms with Gasteiger partial charge >= 0.3 is 6.03 Å². The summed E-state index contributed by atoms with van der Waals surface area (Å²) < 4.78 is 26.3. The summed E-state index contributed by atoms with van der Waals surface area (Å²) in [4.78, 5) is 26.1. The van der Waals surface area contributed by atoms with Crippen molar-refractivity contribution in [3.05, 3.63) is 35.4 Å². The minimum absolute atomic E-state index is 0.233. The van der Waals surface area contributed by atoms with Crippen molar-refractivity contribution < 1.29 is 18.4 Å². The lowest BCUT2D eigenvalue weighted by atomic mass is 10.1. The molecule has 0 atom stereocenters. The highest BCUT2D eigenvalue weighted by molar-refractivity contribution is 5.99. The van der Waals surface area contributed by atoms with Crippen LogP contribution in [-0.4, -0.2) is 48.3 Å². The van der Waals surface area contributed by atoms with Crippen LogP contribution in [0.5, 0.6) is 0 Å². The molecule has 0 bridgehead atoms. The molecular weight excluding hydrogens is 242 g/mol. The summed E-state index contributed by atoms with van der Waals surface area (Å²) >= 11 is 0. The summed E-state index contributed by atoms with van der Waals surface area (Å²) in [6.45, 7) is 0.708. The highest BCUT2D eigenvalue weighted by Crippen LogP contribution is 2.13. The van der Waals surface area contributed by atoms with Crippen LogP contribution in [0.25, 0.3) is 0 Å². The quantitative estimate of drug-likeness (QED) is 0.767. The van der Waals surface area contributed by atoms with Gasteiger partial charge in [0.2, 0.25) is 0 Å². The lowest BCUT2D eigenvalue weighted by molar-refractivity contribution is 0.0947. The Bertz CT molecular complexity index is 505. The zero-order chi connectivity index (χ0) is 13.3. The van der Waals surface area contributed by atoms with Crippen LogP contribution >= 0.6 is 0 Å². The lowest BCUT2D eigenvalue weighted by Gasteiger charge is -2.15. The standard InChI is InChI=1S/C12H12F2N2O2/c1-15-4-5-16(12(15)18)7-11(17)9-6-8(13)2-3-10(9)14/h2-3,6H,4-5,7H2,1H3. The van der Waals surface area contributed by atoms with Gasteiger partial charge in [-0.2, -0.15) is 0 Å². The molecule has 0 N–H and O–H groups in total. The van der Waals surface area contributed by atoms with Crippen molar-refractivity contribution in [2.45, 2.75) is 0 Å². The second-order valence-electron chi connectivity index (χ2n) is 4.17. The van der Waals surface area contributed by atoms with Crippen molar-refractivity contribution in [3.8, 4) is 0 Å². The van der Waals surface area contributed by atoms with Gasteiger partial charge in [-0.15, -0.1) is 0 Å². The summed E-state index contributed by atoms with van der Waals surface area (Å²) in [7, 11) is 1.62. The number of rotatable bonds is 3. The van der Waals surface area contributed by atoms with E-state index >= 15 is 0 Å². The zero-order valence-corrected chi connectivity index (χ0v) is 9.82. The Morgan fingerprint density at radius 2 is 2.06 bits per heavy atom. The van der Waals surface area contributed by atoms with Gasteiger partial charge < -0.3 is 9.80 Å². The van der Waals surface area contributed by atoms with Crippen LogP contribution in [0, 0.1) is 11.6 Å². The van der Waals surface area contributed by atoms with Gasteiger partial charge in [0.15, 0.2) is 5.78 Å². The molecule has 2 rings (SSSR count). The van der Waals surface area contributed by atoms with Crippen LogP contribution in [0.3, 0.4) is 0 Å². The predicted octanol–water partition coefficient (Wildman–Crippen LogP) is 1.51. The molecular formula is C12H12F2N2O2. The molecule has 2 amide bonds. The molecule has 0 unspecified atom stereocenters. The van der Waals surface area contributed by atoms with Gasteiger partial charge in [-0.05, 0) is 18.2 Å². The minimum Gasteiger partial charge on any atom is -0.326 e. The fourth-order valence-corrected chi connectivity index (χ4v) is 1.82. The highest BCUT2D eigenvalue weighted by Gasteiger charge is 2.28. The van der Waals surface area contributed by atoms with Gasteiger partial charge in [0, 0.05) is 20.1 Å². The molecule has 1 saturated heterocycles. The Hall–Kier alpha value is -1.98. The molecule has 18 heavy (non-hydrogen) atoms. The van der Waals surface area contributed by atoms with E-state index in [1.807, 2.05) is 0 Å². The van der Waals surface area contributed by atoms with E-state index in [1.54, 1.807) is 7.05 Å². The Labute approximate surface area is 103 Å². The predicted molar refractivity (Wildman–Crippen MR) is 60.3 cm³/mol. The first-order valence-corrected chi connectivity index (χ1v) is 5.47. The summed E-state index contributed by atoms with van der Waals surface area (Å²) in [5.74, 6) is -2.05. The molecule has 0 radical (unpaired) electrons. The molecule has 1 aromatic carbocycles. The molecule has 1 aliphatic heterocycles. The van der Waals surface area contributed by atoms with Crippen molar-refractivity contribution in [1.82, 2.24) is 9.80 Å². The van der Waals surface area contributed by atoms with Gasteiger partial charge in [0.25, 0.3) is 0 Å². The first-order chi connectivity index (χ1) is 8.49. The second-order valence-corrected chi connectivity index (χ2v) is 4.17. The second kappa shape index (κ2) is 4.72. The van der Waals surface area contributed by atoms with E-state index in [0.717, 1.165) is 18.2 Å². The Kier molecular flexibility index (Phi) is 3.27. The molecule has 1 aromatic rings. The zero-order valence-electron chi connectivity index (χ0n) is 9.82. The average molecular weight is 254 g/mol. The van der Waals surface area contributed by atoms with Crippen LogP contribution in [0.1, 0.15) is 10.4 Å². The van der Waals surface area contributed by atoms with Crippen LogP contribution < -0.4 is 0 Å². The maximum Gasteiger partial charge on any atom is 0.320 e. The van der Waals surface area contributed by atoms with E-state index in [2.05, 4.69) is 0 Å². The molecule has 96 valence electrons. The van der Waals surface area contributed by atoms with Crippen molar-refractivity contribution in [1.29, 1.82) is 0 Å². The molecule has 0 spiro atoms. The summed E-state index contributed by atoms with van der Waals surface area (Å²) in [5.41, 5.74) is -0.322. The van der Waals surface area contributed by atoms with Crippen LogP contribution in [0.15, 0.2) is 18.2 Å². The molecule has 1 aliphatic rings. The first-order valence-electron chi connectivity index (χ1n) is 5.47. The topological polar surface area (TPSA) is 40.6 Å². The Balaban J connectivity index is 2.13. The van der Waals surface area contributed by atoms with Crippen molar-refractivity contribution in [2.75, 3.05) is 26.7 Å². The van der Waals surface area contributed by atoms with Crippen molar-refractivity contribution in [3.63, 3.8) is 0 Å². The Morgan fingerprint density at radius 3 is 2.67 bits per heavy atom. The fourth-order valence-electron chi connectivity index (χ4n) is 1.82. The number of carbonyl (C=O) groups excluding carboxylic acids is 2. The fraction of sp³-hybridized carbons (Fsp3) is 0.333. The van der Waals surface area contributed by atoms with Gasteiger partial charge in [-0.25, -0.2) is 13.6 Å². The lowest BCUT2D eigenvalue weighted by Crippen LogP contribution is -2.34. The van der Waals surface area contributed by atoms with Crippen LogP contribution in [0.2, 0.25) is 0 Å². The highest BCUT2D eigenvalue weighted by atomic mass is 19.1. The van der Waals surface area contributed by atoms with Crippen molar-refractivity contribution in [2.24, 2.45) is 0 Å².